The van der Waals surface area contributed by atoms with Gasteiger partial charge >= 0.3 is 5.97 Å². The average molecular weight is 1070 g/mol. The summed E-state index contributed by atoms with van der Waals surface area (Å²) in [5.74, 6) is -5.99. The van der Waals surface area contributed by atoms with Crippen molar-refractivity contribution in [2.75, 3.05) is 26.2 Å². The molecule has 77 heavy (non-hydrogen) atoms. The highest BCUT2D eigenvalue weighted by molar-refractivity contribution is 5.99. The molecule has 0 unspecified atom stereocenters. The predicted octanol–water partition coefficient (Wildman–Crippen LogP) is 2.00. The van der Waals surface area contributed by atoms with E-state index in [2.05, 4.69) is 31.6 Å². The van der Waals surface area contributed by atoms with Crippen molar-refractivity contribution in [3.05, 3.63) is 71.9 Å². The number of hydrogen-bond donors (Lipinski definition) is 9. The van der Waals surface area contributed by atoms with Gasteiger partial charge in [-0.2, -0.15) is 0 Å². The van der Waals surface area contributed by atoms with Crippen molar-refractivity contribution in [2.24, 2.45) is 23.3 Å². The number of carboxylic acids is 1. The maximum absolute atomic E-state index is 14.4. The second kappa shape index (κ2) is 28.0. The lowest BCUT2D eigenvalue weighted by molar-refractivity contribution is -0.148. The zero-order valence-corrected chi connectivity index (χ0v) is 45.3. The summed E-state index contributed by atoms with van der Waals surface area (Å²) in [6.07, 6.45) is 6.81. The molecule has 420 valence electrons. The molecule has 0 saturated carbocycles. The van der Waals surface area contributed by atoms with Crippen LogP contribution >= 0.6 is 0 Å². The first kappa shape index (κ1) is 59.4. The molecule has 1 aromatic heterocycles. The number of aromatic amines is 1. The number of para-hydroxylation sites is 1. The van der Waals surface area contributed by atoms with E-state index in [9.17, 15) is 48.3 Å². The molecule has 11 N–H and O–H groups in total. The number of aromatic nitrogens is 1. The molecule has 0 bridgehead atoms. The number of likely N-dealkylation sites (tertiary alicyclic amines) is 3. The monoisotopic (exact) mass is 1070 g/mol. The average Bonchev–Trinajstić information content (AvgIpc) is 4.27. The Morgan fingerprint density at radius 2 is 1.23 bits per heavy atom. The predicted molar refractivity (Wildman–Crippen MR) is 289 cm³/mol. The van der Waals surface area contributed by atoms with Crippen molar-refractivity contribution < 1.29 is 48.3 Å². The summed E-state index contributed by atoms with van der Waals surface area (Å²) in [7, 11) is 0. The highest BCUT2D eigenvalue weighted by Gasteiger charge is 2.45. The van der Waals surface area contributed by atoms with Crippen LogP contribution in [0.2, 0.25) is 0 Å². The molecular formula is C56H81N11O10. The Bertz CT molecular complexity index is 2560. The number of H-pyrrole nitrogens is 1. The van der Waals surface area contributed by atoms with Crippen LogP contribution in [0.1, 0.15) is 116 Å². The van der Waals surface area contributed by atoms with Gasteiger partial charge in [0.2, 0.25) is 47.3 Å². The van der Waals surface area contributed by atoms with Crippen LogP contribution in [0, 0.1) is 11.8 Å². The molecule has 6 rings (SSSR count). The third kappa shape index (κ3) is 15.4. The highest BCUT2D eigenvalue weighted by Crippen LogP contribution is 2.27. The summed E-state index contributed by atoms with van der Waals surface area (Å²) < 4.78 is 0. The molecule has 0 aliphatic carbocycles. The first-order valence-electron chi connectivity index (χ1n) is 27.5. The Morgan fingerprint density at radius 3 is 1.88 bits per heavy atom. The first-order chi connectivity index (χ1) is 36.8. The van der Waals surface area contributed by atoms with Gasteiger partial charge in [0.25, 0.3) is 0 Å². The molecular weight excluding hydrogens is 987 g/mol. The van der Waals surface area contributed by atoms with Crippen molar-refractivity contribution in [3.8, 4) is 0 Å². The fourth-order valence-corrected chi connectivity index (χ4v) is 10.8. The van der Waals surface area contributed by atoms with E-state index < -0.39 is 114 Å². The Labute approximate surface area is 451 Å². The second-order valence-corrected chi connectivity index (χ2v) is 21.5. The molecule has 3 fully saturated rings. The largest absolute Gasteiger partial charge is 0.480 e. The number of hydrogen-bond acceptors (Lipinski definition) is 11. The second-order valence-electron chi connectivity index (χ2n) is 21.5. The lowest BCUT2D eigenvalue weighted by atomic mass is 9.96. The Balaban J connectivity index is 1.07. The van der Waals surface area contributed by atoms with Gasteiger partial charge in [-0.3, -0.25) is 38.4 Å². The molecule has 21 heteroatoms. The van der Waals surface area contributed by atoms with Gasteiger partial charge in [0.1, 0.15) is 48.3 Å². The highest BCUT2D eigenvalue weighted by atomic mass is 16.4. The first-order valence-corrected chi connectivity index (χ1v) is 27.5. The molecule has 10 atom stereocenters. The van der Waals surface area contributed by atoms with Crippen molar-refractivity contribution in [3.63, 3.8) is 0 Å². The zero-order valence-electron chi connectivity index (χ0n) is 45.3. The number of carbonyl (C=O) groups is 9. The minimum atomic E-state index is -1.29. The van der Waals surface area contributed by atoms with E-state index in [0.717, 1.165) is 16.5 Å². The van der Waals surface area contributed by atoms with E-state index in [1.807, 2.05) is 75.4 Å². The van der Waals surface area contributed by atoms with Gasteiger partial charge < -0.3 is 62.8 Å². The van der Waals surface area contributed by atoms with E-state index in [1.165, 1.54) is 21.6 Å². The molecule has 3 aliphatic rings. The smallest absolute Gasteiger partial charge is 0.326 e. The van der Waals surface area contributed by atoms with Crippen molar-refractivity contribution >= 4 is 64.1 Å². The number of aliphatic carboxylic acids is 1. The van der Waals surface area contributed by atoms with Crippen LogP contribution in [0.15, 0.2) is 60.8 Å². The van der Waals surface area contributed by atoms with E-state index in [4.69, 9.17) is 11.5 Å². The quantitative estimate of drug-likeness (QED) is 0.0522. The van der Waals surface area contributed by atoms with Crippen LogP contribution in [0.3, 0.4) is 0 Å². The molecule has 8 amide bonds. The van der Waals surface area contributed by atoms with Crippen LogP contribution in [0.4, 0.5) is 0 Å². The molecule has 2 aromatic carbocycles. The Kier molecular flexibility index (Phi) is 21.6. The Morgan fingerprint density at radius 1 is 0.662 bits per heavy atom. The van der Waals surface area contributed by atoms with Gasteiger partial charge in [-0.15, -0.1) is 0 Å². The van der Waals surface area contributed by atoms with E-state index >= 15 is 0 Å². The van der Waals surface area contributed by atoms with E-state index in [0.29, 0.717) is 76.3 Å². The van der Waals surface area contributed by atoms with Crippen molar-refractivity contribution in [2.45, 2.75) is 172 Å². The number of benzene rings is 2. The van der Waals surface area contributed by atoms with Crippen LogP contribution in [-0.4, -0.2) is 159 Å². The van der Waals surface area contributed by atoms with Crippen molar-refractivity contribution in [1.29, 1.82) is 0 Å². The van der Waals surface area contributed by atoms with Crippen LogP contribution in [0.5, 0.6) is 0 Å². The number of unbranched alkanes of at least 4 members (excludes halogenated alkanes) is 1. The van der Waals surface area contributed by atoms with E-state index in [1.54, 1.807) is 13.1 Å². The molecule has 3 aromatic rings. The minimum Gasteiger partial charge on any atom is -0.480 e. The van der Waals surface area contributed by atoms with Gasteiger partial charge in [-0.25, -0.2) is 4.79 Å². The summed E-state index contributed by atoms with van der Waals surface area (Å²) in [4.78, 5) is 132. The maximum Gasteiger partial charge on any atom is 0.326 e. The van der Waals surface area contributed by atoms with Gasteiger partial charge in [-0.05, 0) is 100 Å². The lowest BCUT2D eigenvalue weighted by Crippen LogP contribution is -2.60. The number of carboxylic acid groups (broad SMARTS) is 1. The normalized spacial score (nSPS) is 20.2. The number of nitrogens with zero attached hydrogens (tertiary/aromatic N) is 3. The fourth-order valence-electron chi connectivity index (χ4n) is 10.8. The van der Waals surface area contributed by atoms with Crippen LogP contribution < -0.4 is 38.1 Å². The zero-order chi connectivity index (χ0) is 55.9. The number of fused-ring (bicyclic) bond motifs is 1. The van der Waals surface area contributed by atoms with Gasteiger partial charge in [-0.1, -0.05) is 89.1 Å². The lowest BCUT2D eigenvalue weighted by Gasteiger charge is -2.33. The van der Waals surface area contributed by atoms with Gasteiger partial charge in [0, 0.05) is 49.6 Å². The van der Waals surface area contributed by atoms with Gasteiger partial charge in [0.05, 0.1) is 6.04 Å². The molecule has 21 nitrogen and oxygen atoms in total. The number of nitrogens with one attached hydrogen (secondary N) is 6. The summed E-state index contributed by atoms with van der Waals surface area (Å²) in [6, 6.07) is 7.38. The summed E-state index contributed by atoms with van der Waals surface area (Å²) >= 11 is 0. The topological polar surface area (TPSA) is 312 Å². The van der Waals surface area contributed by atoms with E-state index in [-0.39, 0.29) is 44.8 Å². The Hall–Kier alpha value is -6.87. The number of amides is 8. The molecule has 3 aliphatic heterocycles. The standard InChI is InChI=1S/C56H81N11O10/c1-6-34(4)47(52(72)63-43(56(76)77)31-37-32-59-40-21-11-10-19-38(37)40)64-51(71)45-23-14-26-65(45)53(73)41(29-33(2)3)61-48(68)35(5)60-50(70)44-22-15-27-66(44)55(75)46-24-16-28-67(46)54(74)42(30-36-17-8-7-9-18-36)62-49(69)39(58)20-12-13-25-57/h7-11,17-19,21,32-35,39,41-47,59H,6,12-16,20,22-31,57-58H2,1-5H3,(H,60,70)(H,61,68)(H,62,69)(H,63,72)(H,64,71)(H,76,77)/t34-,35-,39-,41-,42-,43-,44-,45-,46-,47-/m0/s1. The summed E-state index contributed by atoms with van der Waals surface area (Å²) in [6.45, 7) is 10.1. The fraction of sp³-hybridized carbons (Fsp3) is 0.589. The summed E-state index contributed by atoms with van der Waals surface area (Å²) in [5.41, 5.74) is 14.2. The minimum absolute atomic E-state index is 0.00193. The third-order valence-corrected chi connectivity index (χ3v) is 15.3. The number of nitrogens with two attached hydrogens (primary N) is 2. The van der Waals surface area contributed by atoms with Gasteiger partial charge in [0.15, 0.2) is 0 Å². The van der Waals surface area contributed by atoms with Crippen LogP contribution in [-0.2, 0) is 56.0 Å². The number of carbonyl (C=O) groups excluding carboxylic acids is 8. The molecule has 4 heterocycles. The number of rotatable bonds is 26. The van der Waals surface area contributed by atoms with Crippen LogP contribution in [0.25, 0.3) is 10.9 Å². The molecule has 0 spiro atoms. The maximum atomic E-state index is 14.4. The third-order valence-electron chi connectivity index (χ3n) is 15.3. The SMILES string of the molecule is CC[C@H](C)[C@H](NC(=O)[C@@H]1CCCN1C(=O)[C@H](CC(C)C)NC(=O)[C@H](C)NC(=O)[C@@H]1CCCN1C(=O)[C@@H]1CCCN1C(=O)[C@H](Cc1ccccc1)NC(=O)[C@@H](N)CCCCN)C(=O)N[C@@H](Cc1c[nH]c2ccccc12)C(=O)O. The summed E-state index contributed by atoms with van der Waals surface area (Å²) in [5, 5.41) is 24.9. The molecule has 3 saturated heterocycles. The van der Waals surface area contributed by atoms with Crippen molar-refractivity contribution in [1.82, 2.24) is 46.3 Å². The molecule has 0 radical (unpaired) electrons.